The molecule has 0 aromatic rings. The lowest BCUT2D eigenvalue weighted by Crippen LogP contribution is -2.49. The van der Waals surface area contributed by atoms with Crippen LogP contribution in [0, 0.1) is 17.8 Å². The van der Waals surface area contributed by atoms with Crippen LogP contribution >= 0.6 is 0 Å². The molecule has 1 heterocycles. The Balaban J connectivity index is 2.96. The standard InChI is InChI=1S/C12H17NO2/c1-5-9-6-7-13(11(14)15)10(8-9)12(2,3)4/h1,6,10H,7-8H2,2-4H3,(H,14,15). The zero-order valence-corrected chi connectivity index (χ0v) is 9.45. The van der Waals surface area contributed by atoms with Gasteiger partial charge in [0, 0.05) is 24.6 Å². The fraction of sp³-hybridized carbons (Fsp3) is 0.583. The monoisotopic (exact) mass is 207 g/mol. The molecule has 0 spiro atoms. The van der Waals surface area contributed by atoms with Crippen LogP contribution in [0.5, 0.6) is 0 Å². The van der Waals surface area contributed by atoms with Crippen molar-refractivity contribution in [2.24, 2.45) is 5.41 Å². The first kappa shape index (κ1) is 11.6. The molecule has 82 valence electrons. The highest BCUT2D eigenvalue weighted by Crippen LogP contribution is 2.31. The van der Waals surface area contributed by atoms with Crippen molar-refractivity contribution in [3.63, 3.8) is 0 Å². The number of carboxylic acid groups (broad SMARTS) is 1. The van der Waals surface area contributed by atoms with E-state index in [1.54, 1.807) is 0 Å². The molecule has 3 heteroatoms. The van der Waals surface area contributed by atoms with Gasteiger partial charge in [-0.05, 0) is 5.41 Å². The Morgan fingerprint density at radius 3 is 2.67 bits per heavy atom. The van der Waals surface area contributed by atoms with E-state index in [2.05, 4.69) is 5.92 Å². The first-order valence-electron chi connectivity index (χ1n) is 5.01. The van der Waals surface area contributed by atoms with Gasteiger partial charge in [0.2, 0.25) is 0 Å². The molecule has 0 bridgehead atoms. The van der Waals surface area contributed by atoms with E-state index in [0.717, 1.165) is 5.57 Å². The number of terminal acetylenes is 1. The van der Waals surface area contributed by atoms with Gasteiger partial charge in [0.05, 0.1) is 0 Å². The number of carbonyl (C=O) groups is 1. The average Bonchev–Trinajstić information content (AvgIpc) is 2.15. The first-order chi connectivity index (χ1) is 6.86. The molecular weight excluding hydrogens is 190 g/mol. The lowest BCUT2D eigenvalue weighted by Gasteiger charge is -2.40. The third-order valence-electron chi connectivity index (χ3n) is 2.75. The fourth-order valence-electron chi connectivity index (χ4n) is 1.84. The zero-order chi connectivity index (χ0) is 11.6. The third kappa shape index (κ3) is 2.53. The van der Waals surface area contributed by atoms with Gasteiger partial charge in [-0.2, -0.15) is 0 Å². The smallest absolute Gasteiger partial charge is 0.407 e. The summed E-state index contributed by atoms with van der Waals surface area (Å²) in [4.78, 5) is 12.5. The van der Waals surface area contributed by atoms with Gasteiger partial charge in [-0.25, -0.2) is 4.79 Å². The minimum Gasteiger partial charge on any atom is -0.465 e. The second-order valence-electron chi connectivity index (χ2n) is 4.89. The topological polar surface area (TPSA) is 40.5 Å². The highest BCUT2D eigenvalue weighted by molar-refractivity contribution is 5.66. The van der Waals surface area contributed by atoms with Gasteiger partial charge in [-0.3, -0.25) is 0 Å². The van der Waals surface area contributed by atoms with Crippen molar-refractivity contribution in [3.8, 4) is 12.3 Å². The van der Waals surface area contributed by atoms with Crippen LogP contribution < -0.4 is 0 Å². The Morgan fingerprint density at radius 1 is 1.67 bits per heavy atom. The van der Waals surface area contributed by atoms with Crippen LogP contribution in [-0.4, -0.2) is 28.7 Å². The van der Waals surface area contributed by atoms with Crippen LogP contribution in [0.2, 0.25) is 0 Å². The molecule has 0 radical (unpaired) electrons. The van der Waals surface area contributed by atoms with Crippen LogP contribution in [0.25, 0.3) is 0 Å². The SMILES string of the molecule is C#CC1=CCN(C(=O)O)C(C(C)(C)C)C1. The van der Waals surface area contributed by atoms with Gasteiger partial charge >= 0.3 is 6.09 Å². The lowest BCUT2D eigenvalue weighted by molar-refractivity contribution is 0.0855. The third-order valence-corrected chi connectivity index (χ3v) is 2.75. The highest BCUT2D eigenvalue weighted by atomic mass is 16.4. The first-order valence-corrected chi connectivity index (χ1v) is 5.01. The minimum atomic E-state index is -0.873. The Kier molecular flexibility index (Phi) is 3.09. The molecule has 1 unspecified atom stereocenters. The molecular formula is C12H17NO2. The predicted octanol–water partition coefficient (Wildman–Crippen LogP) is 2.34. The van der Waals surface area contributed by atoms with E-state index in [-0.39, 0.29) is 11.5 Å². The van der Waals surface area contributed by atoms with Crippen molar-refractivity contribution in [2.45, 2.75) is 33.2 Å². The van der Waals surface area contributed by atoms with Crippen LogP contribution in [0.15, 0.2) is 11.6 Å². The maximum atomic E-state index is 11.1. The van der Waals surface area contributed by atoms with E-state index in [0.29, 0.717) is 13.0 Å². The van der Waals surface area contributed by atoms with Crippen molar-refractivity contribution in [3.05, 3.63) is 11.6 Å². The summed E-state index contributed by atoms with van der Waals surface area (Å²) < 4.78 is 0. The molecule has 1 aliphatic rings. The highest BCUT2D eigenvalue weighted by Gasteiger charge is 2.35. The second kappa shape index (κ2) is 3.98. The van der Waals surface area contributed by atoms with Crippen LogP contribution in [0.4, 0.5) is 4.79 Å². The van der Waals surface area contributed by atoms with E-state index in [9.17, 15) is 4.79 Å². The van der Waals surface area contributed by atoms with Gasteiger partial charge in [-0.1, -0.05) is 32.8 Å². The summed E-state index contributed by atoms with van der Waals surface area (Å²) in [6, 6.07) is -0.0361. The van der Waals surface area contributed by atoms with Crippen molar-refractivity contribution >= 4 is 6.09 Å². The van der Waals surface area contributed by atoms with Crippen molar-refractivity contribution in [1.82, 2.24) is 4.90 Å². The molecule has 0 fully saturated rings. The molecule has 1 atom stereocenters. The van der Waals surface area contributed by atoms with Crippen molar-refractivity contribution in [1.29, 1.82) is 0 Å². The van der Waals surface area contributed by atoms with Gasteiger partial charge < -0.3 is 10.0 Å². The summed E-state index contributed by atoms with van der Waals surface area (Å²) in [5, 5.41) is 9.08. The van der Waals surface area contributed by atoms with Crippen molar-refractivity contribution < 1.29 is 9.90 Å². The number of rotatable bonds is 0. The van der Waals surface area contributed by atoms with Gasteiger partial charge in [0.1, 0.15) is 0 Å². The maximum absolute atomic E-state index is 11.1. The van der Waals surface area contributed by atoms with E-state index < -0.39 is 6.09 Å². The lowest BCUT2D eigenvalue weighted by atomic mass is 9.80. The summed E-state index contributed by atoms with van der Waals surface area (Å²) in [6.45, 7) is 6.50. The molecule has 0 aromatic carbocycles. The largest absolute Gasteiger partial charge is 0.465 e. The van der Waals surface area contributed by atoms with E-state index in [1.165, 1.54) is 4.90 Å². The zero-order valence-electron chi connectivity index (χ0n) is 9.45. The normalized spacial score (nSPS) is 21.9. The molecule has 1 aliphatic heterocycles. The molecule has 0 saturated heterocycles. The maximum Gasteiger partial charge on any atom is 0.407 e. The van der Waals surface area contributed by atoms with E-state index in [4.69, 9.17) is 11.5 Å². The quantitative estimate of drug-likeness (QED) is 0.619. The summed E-state index contributed by atoms with van der Waals surface area (Å²) in [5.41, 5.74) is 0.821. The van der Waals surface area contributed by atoms with Crippen LogP contribution in [-0.2, 0) is 0 Å². The van der Waals surface area contributed by atoms with Gasteiger partial charge in [0.15, 0.2) is 0 Å². The molecule has 1 rings (SSSR count). The van der Waals surface area contributed by atoms with Crippen LogP contribution in [0.3, 0.4) is 0 Å². The molecule has 1 amide bonds. The average molecular weight is 207 g/mol. The minimum absolute atomic E-state index is 0.0361. The second-order valence-corrected chi connectivity index (χ2v) is 4.89. The van der Waals surface area contributed by atoms with Gasteiger partial charge in [0.25, 0.3) is 0 Å². The van der Waals surface area contributed by atoms with Gasteiger partial charge in [-0.15, -0.1) is 6.42 Å². The fourth-order valence-corrected chi connectivity index (χ4v) is 1.84. The summed E-state index contributed by atoms with van der Waals surface area (Å²) >= 11 is 0. The number of hydrogen-bond acceptors (Lipinski definition) is 1. The molecule has 0 aromatic heterocycles. The van der Waals surface area contributed by atoms with E-state index >= 15 is 0 Å². The molecule has 0 saturated carbocycles. The van der Waals surface area contributed by atoms with Crippen LogP contribution in [0.1, 0.15) is 27.2 Å². The predicted molar refractivity (Wildman–Crippen MR) is 59.5 cm³/mol. The number of amides is 1. The molecule has 0 aliphatic carbocycles. The number of nitrogens with zero attached hydrogens (tertiary/aromatic N) is 1. The Morgan fingerprint density at radius 2 is 2.27 bits per heavy atom. The Hall–Kier alpha value is -1.43. The number of hydrogen-bond donors (Lipinski definition) is 1. The Bertz CT molecular complexity index is 331. The molecule has 15 heavy (non-hydrogen) atoms. The van der Waals surface area contributed by atoms with E-state index in [1.807, 2.05) is 26.8 Å². The summed E-state index contributed by atoms with van der Waals surface area (Å²) in [5.74, 6) is 2.61. The summed E-state index contributed by atoms with van der Waals surface area (Å²) in [6.07, 6.45) is 6.93. The Labute approximate surface area is 90.8 Å². The van der Waals surface area contributed by atoms with Crippen molar-refractivity contribution in [2.75, 3.05) is 6.54 Å². The summed E-state index contributed by atoms with van der Waals surface area (Å²) in [7, 11) is 0. The molecule has 3 nitrogen and oxygen atoms in total. The molecule has 1 N–H and O–H groups in total.